The van der Waals surface area contributed by atoms with Crippen LogP contribution in [0.2, 0.25) is 18.1 Å². The number of hydrogen-bond acceptors (Lipinski definition) is 5. The molecule has 5 nitrogen and oxygen atoms in total. The molecule has 7 heteroatoms. The number of rotatable bonds is 12. The lowest BCUT2D eigenvalue weighted by Gasteiger charge is -2.42. The summed E-state index contributed by atoms with van der Waals surface area (Å²) in [6.45, 7) is 11.6. The number of hydrogen-bond donors (Lipinski definition) is 0. The topological polar surface area (TPSA) is 54.0 Å². The highest BCUT2D eigenvalue weighted by Crippen LogP contribution is 2.38. The second-order valence-corrected chi connectivity index (χ2v) is 14.2. The van der Waals surface area contributed by atoms with Crippen molar-refractivity contribution in [2.75, 3.05) is 19.5 Å². The molecule has 0 spiro atoms. The van der Waals surface area contributed by atoms with E-state index in [1.807, 2.05) is 30.3 Å². The summed E-state index contributed by atoms with van der Waals surface area (Å²) >= 11 is 3.63. The van der Waals surface area contributed by atoms with E-state index in [0.717, 1.165) is 5.56 Å². The summed E-state index contributed by atoms with van der Waals surface area (Å²) < 4.78 is 23.5. The van der Waals surface area contributed by atoms with Gasteiger partial charge in [0.2, 0.25) is 0 Å². The van der Waals surface area contributed by atoms with Crippen molar-refractivity contribution in [2.45, 2.75) is 70.2 Å². The number of alkyl halides is 1. The van der Waals surface area contributed by atoms with E-state index in [2.05, 4.69) is 54.5 Å². The number of benzene rings is 1. The summed E-state index contributed by atoms with van der Waals surface area (Å²) in [4.78, 5) is 11.4. The predicted molar refractivity (Wildman–Crippen MR) is 127 cm³/mol. The van der Waals surface area contributed by atoms with Gasteiger partial charge in [-0.2, -0.15) is 0 Å². The molecule has 1 rings (SSSR count). The Bertz CT molecular complexity index is 657. The lowest BCUT2D eigenvalue weighted by Crippen LogP contribution is -2.51. The SMILES string of the molecule is COC(=O)/C=C/C[C@@H](OC)[C@H](OCc1ccccc1)[C@@H](CBr)O[Si](C)(C)C(C)(C)C. The molecule has 0 aliphatic heterocycles. The average molecular weight is 502 g/mol. The van der Waals surface area contributed by atoms with Crippen LogP contribution in [-0.4, -0.2) is 52.1 Å². The molecule has 0 radical (unpaired) electrons. The van der Waals surface area contributed by atoms with Crippen LogP contribution in [0.5, 0.6) is 0 Å². The van der Waals surface area contributed by atoms with Gasteiger partial charge in [0.15, 0.2) is 8.32 Å². The largest absolute Gasteiger partial charge is 0.466 e. The van der Waals surface area contributed by atoms with E-state index in [4.69, 9.17) is 13.9 Å². The van der Waals surface area contributed by atoms with Crippen LogP contribution in [0.1, 0.15) is 32.8 Å². The quantitative estimate of drug-likeness (QED) is 0.164. The third kappa shape index (κ3) is 8.63. The Hall–Kier alpha value is -0.993. The van der Waals surface area contributed by atoms with Crippen LogP contribution in [0.15, 0.2) is 42.5 Å². The van der Waals surface area contributed by atoms with Gasteiger partial charge < -0.3 is 18.6 Å². The fraction of sp³-hybridized carbons (Fsp3) is 0.609. The number of carbonyl (C=O) groups is 1. The molecule has 0 aromatic heterocycles. The van der Waals surface area contributed by atoms with Crippen LogP contribution in [0.3, 0.4) is 0 Å². The Morgan fingerprint density at radius 3 is 2.27 bits per heavy atom. The van der Waals surface area contributed by atoms with Crippen LogP contribution in [0.4, 0.5) is 0 Å². The highest BCUT2D eigenvalue weighted by molar-refractivity contribution is 9.09. The lowest BCUT2D eigenvalue weighted by atomic mass is 10.1. The molecule has 170 valence electrons. The molecule has 0 saturated carbocycles. The van der Waals surface area contributed by atoms with Gasteiger partial charge in [0, 0.05) is 18.5 Å². The summed E-state index contributed by atoms with van der Waals surface area (Å²) in [6.07, 6.45) is 2.91. The molecule has 3 atom stereocenters. The fourth-order valence-electron chi connectivity index (χ4n) is 2.69. The van der Waals surface area contributed by atoms with Gasteiger partial charge in [-0.1, -0.05) is 73.1 Å². The molecule has 1 aromatic carbocycles. The Labute approximate surface area is 191 Å². The minimum Gasteiger partial charge on any atom is -0.466 e. The summed E-state index contributed by atoms with van der Waals surface area (Å²) in [6, 6.07) is 10.0. The number of esters is 1. The molecule has 0 fully saturated rings. The number of methoxy groups -OCH3 is 2. The molecule has 0 aliphatic carbocycles. The first kappa shape index (κ1) is 27.0. The molecule has 0 unspecified atom stereocenters. The maximum Gasteiger partial charge on any atom is 0.330 e. The Kier molecular flexibility index (Phi) is 11.5. The minimum atomic E-state index is -2.03. The van der Waals surface area contributed by atoms with Gasteiger partial charge in [0.1, 0.15) is 6.10 Å². The first-order valence-corrected chi connectivity index (χ1v) is 14.2. The van der Waals surface area contributed by atoms with E-state index in [9.17, 15) is 4.79 Å². The molecule has 1 aromatic rings. The number of halogens is 1. The molecular formula is C23H37BrO5Si. The van der Waals surface area contributed by atoms with Gasteiger partial charge in [0.05, 0.1) is 25.9 Å². The van der Waals surface area contributed by atoms with Gasteiger partial charge >= 0.3 is 5.97 Å². The van der Waals surface area contributed by atoms with Crippen LogP contribution in [-0.2, 0) is 30.0 Å². The Balaban J connectivity index is 3.08. The number of carbonyl (C=O) groups excluding carboxylic acids is 1. The van der Waals surface area contributed by atoms with Crippen LogP contribution in [0, 0.1) is 0 Å². The molecule has 0 bridgehead atoms. The molecule has 0 amide bonds. The molecular weight excluding hydrogens is 464 g/mol. The third-order valence-corrected chi connectivity index (χ3v) is 10.7. The average Bonchev–Trinajstić information content (AvgIpc) is 2.70. The number of ether oxygens (including phenoxy) is 3. The third-order valence-electron chi connectivity index (χ3n) is 5.55. The van der Waals surface area contributed by atoms with Crippen molar-refractivity contribution in [1.82, 2.24) is 0 Å². The zero-order valence-electron chi connectivity index (χ0n) is 19.3. The van der Waals surface area contributed by atoms with E-state index in [1.54, 1.807) is 13.2 Å². The van der Waals surface area contributed by atoms with E-state index in [0.29, 0.717) is 18.4 Å². The highest BCUT2D eigenvalue weighted by atomic mass is 79.9. The van der Waals surface area contributed by atoms with Gasteiger partial charge in [0.25, 0.3) is 0 Å². The summed E-state index contributed by atoms with van der Waals surface area (Å²) in [5, 5.41) is 0.699. The molecule has 0 saturated heterocycles. The molecule has 0 heterocycles. The van der Waals surface area contributed by atoms with Crippen molar-refractivity contribution >= 4 is 30.2 Å². The van der Waals surface area contributed by atoms with E-state index >= 15 is 0 Å². The maximum atomic E-state index is 11.4. The van der Waals surface area contributed by atoms with Crippen molar-refractivity contribution in [3.05, 3.63) is 48.0 Å². The lowest BCUT2D eigenvalue weighted by molar-refractivity contribution is -0.134. The summed E-state index contributed by atoms with van der Waals surface area (Å²) in [7, 11) is 0.990. The van der Waals surface area contributed by atoms with Gasteiger partial charge in [-0.05, 0) is 30.1 Å². The van der Waals surface area contributed by atoms with Gasteiger partial charge in [-0.25, -0.2) is 4.79 Å². The standard InChI is InChI=1S/C23H37BrO5Si/c1-23(2,3)30(6,7)29-20(16-24)22(28-17-18-12-9-8-10-13-18)19(26-4)14-11-15-21(25)27-5/h8-13,15,19-20,22H,14,16-17H2,1-7H3/b15-11+/t19-,20-,22+/m1/s1. The molecule has 0 N–H and O–H groups in total. The fourth-order valence-corrected chi connectivity index (χ4v) is 4.77. The van der Waals surface area contributed by atoms with Gasteiger partial charge in [-0.3, -0.25) is 0 Å². The minimum absolute atomic E-state index is 0.0742. The van der Waals surface area contributed by atoms with Crippen molar-refractivity contribution in [2.24, 2.45) is 0 Å². The van der Waals surface area contributed by atoms with Crippen LogP contribution < -0.4 is 0 Å². The summed E-state index contributed by atoms with van der Waals surface area (Å²) in [5.74, 6) is -0.388. The highest BCUT2D eigenvalue weighted by Gasteiger charge is 2.42. The Morgan fingerprint density at radius 2 is 1.77 bits per heavy atom. The molecule has 30 heavy (non-hydrogen) atoms. The monoisotopic (exact) mass is 500 g/mol. The van der Waals surface area contributed by atoms with E-state index in [-0.39, 0.29) is 29.3 Å². The van der Waals surface area contributed by atoms with Crippen molar-refractivity contribution in [3.63, 3.8) is 0 Å². The van der Waals surface area contributed by atoms with Crippen molar-refractivity contribution in [3.8, 4) is 0 Å². The normalized spacial score (nSPS) is 15.7. The van der Waals surface area contributed by atoms with Crippen LogP contribution in [0.25, 0.3) is 0 Å². The summed E-state index contributed by atoms with van der Waals surface area (Å²) in [5.41, 5.74) is 1.09. The second-order valence-electron chi connectivity index (χ2n) is 8.77. The first-order chi connectivity index (χ1) is 14.1. The zero-order valence-corrected chi connectivity index (χ0v) is 21.9. The van der Waals surface area contributed by atoms with E-state index < -0.39 is 8.32 Å². The zero-order chi connectivity index (χ0) is 22.8. The van der Waals surface area contributed by atoms with Crippen LogP contribution >= 0.6 is 15.9 Å². The van der Waals surface area contributed by atoms with Crippen molar-refractivity contribution in [1.29, 1.82) is 0 Å². The Morgan fingerprint density at radius 1 is 1.13 bits per heavy atom. The van der Waals surface area contributed by atoms with Crippen molar-refractivity contribution < 1.29 is 23.4 Å². The first-order valence-electron chi connectivity index (χ1n) is 10.2. The van der Waals surface area contributed by atoms with E-state index in [1.165, 1.54) is 13.2 Å². The maximum absolute atomic E-state index is 11.4. The molecule has 0 aliphatic rings. The smallest absolute Gasteiger partial charge is 0.330 e. The second kappa shape index (κ2) is 12.8. The predicted octanol–water partition coefficient (Wildman–Crippen LogP) is 5.49. The van der Waals surface area contributed by atoms with Gasteiger partial charge in [-0.15, -0.1) is 0 Å².